The van der Waals surface area contributed by atoms with Gasteiger partial charge in [-0.05, 0) is 12.1 Å². The van der Waals surface area contributed by atoms with Gasteiger partial charge in [-0.3, -0.25) is 4.31 Å². The number of aliphatic hydroxyl groups excluding tert-OH is 1. The molecule has 0 bridgehead atoms. The Morgan fingerprint density at radius 2 is 2.07 bits per heavy atom. The highest BCUT2D eigenvalue weighted by Crippen LogP contribution is 2.21. The fraction of sp³-hybridized carbons (Fsp3) is 0.333. The third-order valence-corrected chi connectivity index (χ3v) is 3.70. The molecule has 84 valence electrons. The first-order chi connectivity index (χ1) is 6.97. The fourth-order valence-corrected chi connectivity index (χ4v) is 2.04. The SMILES string of the molecule is CN(c1cccc(O)c1)S(=O)(=O)CCO. The predicted molar refractivity (Wildman–Crippen MR) is 57.4 cm³/mol. The fourth-order valence-electron chi connectivity index (χ4n) is 1.10. The Morgan fingerprint density at radius 3 is 2.60 bits per heavy atom. The van der Waals surface area contributed by atoms with Crippen molar-refractivity contribution >= 4 is 15.7 Å². The lowest BCUT2D eigenvalue weighted by Gasteiger charge is -2.18. The number of sulfonamides is 1. The van der Waals surface area contributed by atoms with Crippen LogP contribution in [0.1, 0.15) is 0 Å². The Morgan fingerprint density at radius 1 is 1.40 bits per heavy atom. The van der Waals surface area contributed by atoms with Gasteiger partial charge in [0.1, 0.15) is 5.75 Å². The minimum atomic E-state index is -3.51. The number of hydrogen-bond donors (Lipinski definition) is 2. The van der Waals surface area contributed by atoms with Gasteiger partial charge < -0.3 is 10.2 Å². The van der Waals surface area contributed by atoms with Crippen LogP contribution in [0.5, 0.6) is 5.75 Å². The van der Waals surface area contributed by atoms with Crippen LogP contribution in [0.25, 0.3) is 0 Å². The lowest BCUT2D eigenvalue weighted by atomic mass is 10.3. The largest absolute Gasteiger partial charge is 0.508 e. The third kappa shape index (κ3) is 2.84. The molecule has 1 aromatic rings. The van der Waals surface area contributed by atoms with Gasteiger partial charge in [-0.25, -0.2) is 8.42 Å². The van der Waals surface area contributed by atoms with Gasteiger partial charge in [-0.2, -0.15) is 0 Å². The summed E-state index contributed by atoms with van der Waals surface area (Å²) in [6.45, 7) is -0.425. The van der Waals surface area contributed by atoms with Crippen molar-refractivity contribution in [3.63, 3.8) is 0 Å². The van der Waals surface area contributed by atoms with Gasteiger partial charge in [-0.15, -0.1) is 0 Å². The number of aromatic hydroxyl groups is 1. The summed E-state index contributed by atoms with van der Waals surface area (Å²) in [6, 6.07) is 5.91. The van der Waals surface area contributed by atoms with E-state index in [-0.39, 0.29) is 11.5 Å². The smallest absolute Gasteiger partial charge is 0.237 e. The zero-order chi connectivity index (χ0) is 11.5. The predicted octanol–water partition coefficient (Wildman–Crippen LogP) is 0.150. The molecular weight excluding hydrogens is 218 g/mol. The molecule has 0 amide bonds. The molecule has 0 unspecified atom stereocenters. The van der Waals surface area contributed by atoms with Crippen molar-refractivity contribution in [3.05, 3.63) is 24.3 Å². The summed E-state index contributed by atoms with van der Waals surface area (Å²) in [4.78, 5) is 0. The van der Waals surface area contributed by atoms with Gasteiger partial charge in [0.2, 0.25) is 10.0 Å². The Labute approximate surface area is 88.6 Å². The minimum absolute atomic E-state index is 0.00134. The molecule has 0 fully saturated rings. The van der Waals surface area contributed by atoms with Crippen LogP contribution in [0, 0.1) is 0 Å². The molecule has 2 N–H and O–H groups in total. The molecule has 5 nitrogen and oxygen atoms in total. The minimum Gasteiger partial charge on any atom is -0.508 e. The summed E-state index contributed by atoms with van der Waals surface area (Å²) in [5.41, 5.74) is 0.364. The number of phenols is 1. The van der Waals surface area contributed by atoms with Gasteiger partial charge in [0, 0.05) is 13.1 Å². The Kier molecular flexibility index (Phi) is 3.54. The van der Waals surface area contributed by atoms with Crippen LogP contribution in [0.3, 0.4) is 0 Å². The monoisotopic (exact) mass is 231 g/mol. The quantitative estimate of drug-likeness (QED) is 0.773. The van der Waals surface area contributed by atoms with Crippen molar-refractivity contribution in [2.75, 3.05) is 23.7 Å². The van der Waals surface area contributed by atoms with E-state index in [0.717, 1.165) is 4.31 Å². The lowest BCUT2D eigenvalue weighted by molar-refractivity contribution is 0.319. The van der Waals surface area contributed by atoms with E-state index in [0.29, 0.717) is 5.69 Å². The van der Waals surface area contributed by atoms with Crippen LogP contribution in [-0.2, 0) is 10.0 Å². The number of benzene rings is 1. The molecule has 0 atom stereocenters. The van der Waals surface area contributed by atoms with Crippen LogP contribution in [0.4, 0.5) is 5.69 Å². The first-order valence-corrected chi connectivity index (χ1v) is 5.95. The van der Waals surface area contributed by atoms with Gasteiger partial charge in [0.05, 0.1) is 18.0 Å². The van der Waals surface area contributed by atoms with Gasteiger partial charge in [0.15, 0.2) is 0 Å². The molecule has 0 aliphatic carbocycles. The zero-order valence-electron chi connectivity index (χ0n) is 8.29. The third-order valence-electron chi connectivity index (χ3n) is 1.96. The van der Waals surface area contributed by atoms with Crippen LogP contribution in [0.2, 0.25) is 0 Å². The molecule has 0 radical (unpaired) electrons. The summed E-state index contributed by atoms with van der Waals surface area (Å²) >= 11 is 0. The van der Waals surface area contributed by atoms with E-state index in [1.807, 2.05) is 0 Å². The molecule has 6 heteroatoms. The molecule has 0 saturated heterocycles. The molecule has 1 rings (SSSR count). The molecule has 0 spiro atoms. The van der Waals surface area contributed by atoms with E-state index >= 15 is 0 Å². The maximum Gasteiger partial charge on any atom is 0.237 e. The first kappa shape index (κ1) is 11.8. The molecule has 0 heterocycles. The van der Waals surface area contributed by atoms with Gasteiger partial charge in [0.25, 0.3) is 0 Å². The molecule has 1 aromatic carbocycles. The molecule has 0 aliphatic rings. The molecule has 0 aromatic heterocycles. The maximum atomic E-state index is 11.5. The number of nitrogens with zero attached hydrogens (tertiary/aromatic N) is 1. The van der Waals surface area contributed by atoms with E-state index < -0.39 is 16.6 Å². The average Bonchev–Trinajstić information content (AvgIpc) is 2.16. The van der Waals surface area contributed by atoms with E-state index in [1.165, 1.54) is 19.2 Å². The van der Waals surface area contributed by atoms with E-state index in [2.05, 4.69) is 0 Å². The van der Waals surface area contributed by atoms with Crippen molar-refractivity contribution in [1.29, 1.82) is 0 Å². The second-order valence-electron chi connectivity index (χ2n) is 3.03. The summed E-state index contributed by atoms with van der Waals surface area (Å²) < 4.78 is 24.1. The van der Waals surface area contributed by atoms with Gasteiger partial charge in [-0.1, -0.05) is 6.07 Å². The summed E-state index contributed by atoms with van der Waals surface area (Å²) in [6.07, 6.45) is 0. The Hall–Kier alpha value is -1.27. The molecule has 0 aliphatic heterocycles. The number of aliphatic hydroxyl groups is 1. The summed E-state index contributed by atoms with van der Waals surface area (Å²) in [5, 5.41) is 17.8. The highest BCUT2D eigenvalue weighted by molar-refractivity contribution is 7.92. The van der Waals surface area contributed by atoms with Crippen molar-refractivity contribution in [2.45, 2.75) is 0 Å². The standard InChI is InChI=1S/C9H13NO4S/c1-10(15(13,14)6-5-11)8-3-2-4-9(12)7-8/h2-4,7,11-12H,5-6H2,1H3. The van der Waals surface area contributed by atoms with Crippen LogP contribution >= 0.6 is 0 Å². The maximum absolute atomic E-state index is 11.5. The van der Waals surface area contributed by atoms with E-state index in [1.54, 1.807) is 12.1 Å². The normalized spacial score (nSPS) is 11.3. The number of phenolic OH excluding ortho intramolecular Hbond substituents is 1. The lowest BCUT2D eigenvalue weighted by Crippen LogP contribution is -2.30. The summed E-state index contributed by atoms with van der Waals surface area (Å²) in [7, 11) is -2.13. The average molecular weight is 231 g/mol. The van der Waals surface area contributed by atoms with Gasteiger partial charge >= 0.3 is 0 Å². The van der Waals surface area contributed by atoms with Crippen molar-refractivity contribution in [1.82, 2.24) is 0 Å². The number of hydrogen-bond acceptors (Lipinski definition) is 4. The van der Waals surface area contributed by atoms with E-state index in [9.17, 15) is 13.5 Å². The highest BCUT2D eigenvalue weighted by Gasteiger charge is 2.17. The van der Waals surface area contributed by atoms with Crippen molar-refractivity contribution in [3.8, 4) is 5.75 Å². The van der Waals surface area contributed by atoms with Crippen LogP contribution in [-0.4, -0.2) is 38.0 Å². The topological polar surface area (TPSA) is 77.8 Å². The zero-order valence-corrected chi connectivity index (χ0v) is 9.11. The van der Waals surface area contributed by atoms with Crippen molar-refractivity contribution in [2.24, 2.45) is 0 Å². The Balaban J connectivity index is 2.99. The van der Waals surface area contributed by atoms with E-state index in [4.69, 9.17) is 5.11 Å². The number of rotatable bonds is 4. The molecule has 0 saturated carbocycles. The number of anilines is 1. The molecular formula is C9H13NO4S. The molecule has 15 heavy (non-hydrogen) atoms. The van der Waals surface area contributed by atoms with Crippen LogP contribution in [0.15, 0.2) is 24.3 Å². The van der Waals surface area contributed by atoms with Crippen molar-refractivity contribution < 1.29 is 18.6 Å². The summed E-state index contributed by atoms with van der Waals surface area (Å²) in [5.74, 6) is -0.336. The second-order valence-corrected chi connectivity index (χ2v) is 5.15. The van der Waals surface area contributed by atoms with Crippen LogP contribution < -0.4 is 4.31 Å². The second kappa shape index (κ2) is 4.50. The first-order valence-electron chi connectivity index (χ1n) is 4.34. The Bertz CT molecular complexity index is 429. The highest BCUT2D eigenvalue weighted by atomic mass is 32.2.